The summed E-state index contributed by atoms with van der Waals surface area (Å²) in [6.45, 7) is 6.02. The topological polar surface area (TPSA) is 67.9 Å². The van der Waals surface area contributed by atoms with Crippen molar-refractivity contribution >= 4 is 11.9 Å². The van der Waals surface area contributed by atoms with E-state index >= 15 is 0 Å². The third-order valence-corrected chi connectivity index (χ3v) is 5.15. The number of likely N-dealkylation sites (N-methyl/N-ethyl adjacent to an activating group) is 1. The summed E-state index contributed by atoms with van der Waals surface area (Å²) in [5, 5.41) is 0. The summed E-state index contributed by atoms with van der Waals surface area (Å²) in [6, 6.07) is 14.3. The Bertz CT molecular complexity index is 948. The van der Waals surface area contributed by atoms with Crippen molar-refractivity contribution in [2.75, 3.05) is 7.05 Å². The van der Waals surface area contributed by atoms with Crippen molar-refractivity contribution in [2.24, 2.45) is 10.7 Å². The summed E-state index contributed by atoms with van der Waals surface area (Å²) >= 11 is 0. The quantitative estimate of drug-likeness (QED) is 0.859. The fraction of sp³-hybridized carbons (Fsp3) is 0.333. The molecular formula is C21H23N3O2. The molecule has 1 atom stereocenters. The van der Waals surface area contributed by atoms with Crippen LogP contribution >= 0.6 is 0 Å². The van der Waals surface area contributed by atoms with Crippen LogP contribution in [-0.2, 0) is 10.3 Å². The van der Waals surface area contributed by atoms with Crippen LogP contribution in [0.15, 0.2) is 47.5 Å². The number of hydrogen-bond donors (Lipinski definition) is 1. The van der Waals surface area contributed by atoms with Crippen LogP contribution in [0.2, 0.25) is 0 Å². The van der Waals surface area contributed by atoms with Gasteiger partial charge in [-0.15, -0.1) is 0 Å². The molecule has 1 spiro atoms. The van der Waals surface area contributed by atoms with Crippen molar-refractivity contribution in [3.05, 3.63) is 53.6 Å². The smallest absolute Gasteiger partial charge is 0.261 e. The maximum atomic E-state index is 13.1. The Morgan fingerprint density at radius 2 is 1.88 bits per heavy atom. The van der Waals surface area contributed by atoms with Gasteiger partial charge in [-0.2, -0.15) is 0 Å². The first kappa shape index (κ1) is 16.6. The third-order valence-electron chi connectivity index (χ3n) is 5.15. The Labute approximate surface area is 153 Å². The van der Waals surface area contributed by atoms with E-state index in [0.29, 0.717) is 12.2 Å². The van der Waals surface area contributed by atoms with Gasteiger partial charge in [-0.1, -0.05) is 35.9 Å². The van der Waals surface area contributed by atoms with Crippen LogP contribution in [0.1, 0.15) is 31.4 Å². The molecule has 1 unspecified atom stereocenters. The van der Waals surface area contributed by atoms with Crippen LogP contribution in [0, 0.1) is 6.92 Å². The summed E-state index contributed by atoms with van der Waals surface area (Å²) in [6.07, 6.45) is 0.453. The van der Waals surface area contributed by atoms with E-state index in [2.05, 4.69) is 30.1 Å². The number of rotatable bonds is 1. The lowest BCUT2D eigenvalue weighted by Gasteiger charge is -2.41. The average Bonchev–Trinajstić information content (AvgIpc) is 2.78. The predicted molar refractivity (Wildman–Crippen MR) is 102 cm³/mol. The number of fused-ring (bicyclic) bond motifs is 2. The molecule has 2 aromatic carbocycles. The summed E-state index contributed by atoms with van der Waals surface area (Å²) in [7, 11) is 1.67. The lowest BCUT2D eigenvalue weighted by molar-refractivity contribution is -0.133. The van der Waals surface area contributed by atoms with Gasteiger partial charge < -0.3 is 10.5 Å². The van der Waals surface area contributed by atoms with E-state index in [1.165, 1.54) is 10.5 Å². The minimum atomic E-state index is -1.02. The Morgan fingerprint density at radius 1 is 1.15 bits per heavy atom. The highest BCUT2D eigenvalue weighted by Crippen LogP contribution is 2.49. The molecule has 0 bridgehead atoms. The summed E-state index contributed by atoms with van der Waals surface area (Å²) in [5.74, 6) is 0.839. The van der Waals surface area contributed by atoms with Crippen LogP contribution in [0.25, 0.3) is 11.1 Å². The second kappa shape index (κ2) is 5.34. The minimum absolute atomic E-state index is 0.103. The monoisotopic (exact) mass is 349 g/mol. The van der Waals surface area contributed by atoms with Gasteiger partial charge in [0.2, 0.25) is 0 Å². The van der Waals surface area contributed by atoms with Gasteiger partial charge in [0, 0.05) is 19.0 Å². The van der Waals surface area contributed by atoms with E-state index in [1.54, 1.807) is 7.05 Å². The van der Waals surface area contributed by atoms with Crippen LogP contribution in [0.3, 0.4) is 0 Å². The second-order valence-electron chi connectivity index (χ2n) is 7.81. The zero-order valence-corrected chi connectivity index (χ0v) is 15.5. The molecule has 0 aliphatic carbocycles. The van der Waals surface area contributed by atoms with E-state index in [1.807, 2.05) is 38.1 Å². The number of aryl methyl sites for hydroxylation is 1. The number of ether oxygens (including phenoxy) is 1. The predicted octanol–water partition coefficient (Wildman–Crippen LogP) is 3.21. The number of guanidine groups is 1. The number of hydrogen-bond acceptors (Lipinski definition) is 4. The summed E-state index contributed by atoms with van der Waals surface area (Å²) in [5.41, 5.74) is 8.58. The molecule has 5 heteroatoms. The lowest BCUT2D eigenvalue weighted by atomic mass is 9.77. The number of nitrogens with zero attached hydrogens (tertiary/aromatic N) is 2. The average molecular weight is 349 g/mol. The fourth-order valence-corrected chi connectivity index (χ4v) is 3.98. The number of nitrogens with two attached hydrogens (primary N) is 1. The van der Waals surface area contributed by atoms with Gasteiger partial charge in [-0.3, -0.25) is 9.69 Å². The highest BCUT2D eigenvalue weighted by molar-refractivity contribution is 6.07. The third kappa shape index (κ3) is 2.38. The molecule has 0 radical (unpaired) electrons. The molecule has 4 rings (SSSR count). The summed E-state index contributed by atoms with van der Waals surface area (Å²) in [4.78, 5) is 19.2. The van der Waals surface area contributed by atoms with Crippen LogP contribution in [0.4, 0.5) is 0 Å². The van der Waals surface area contributed by atoms with Gasteiger partial charge in [0.05, 0.1) is 0 Å². The van der Waals surface area contributed by atoms with Gasteiger partial charge in [0.25, 0.3) is 5.91 Å². The molecule has 0 fully saturated rings. The van der Waals surface area contributed by atoms with Crippen molar-refractivity contribution in [1.82, 2.24) is 4.90 Å². The molecule has 5 nitrogen and oxygen atoms in total. The zero-order chi connectivity index (χ0) is 18.7. The Kier molecular flexibility index (Phi) is 3.41. The Morgan fingerprint density at radius 3 is 2.54 bits per heavy atom. The zero-order valence-electron chi connectivity index (χ0n) is 15.5. The van der Waals surface area contributed by atoms with Crippen molar-refractivity contribution in [1.29, 1.82) is 0 Å². The molecular weight excluding hydrogens is 326 g/mol. The minimum Gasteiger partial charge on any atom is -0.487 e. The number of aliphatic imine (C=N–C) groups is 1. The van der Waals surface area contributed by atoms with Gasteiger partial charge in [0.1, 0.15) is 11.4 Å². The molecule has 2 heterocycles. The van der Waals surface area contributed by atoms with Crippen LogP contribution in [0.5, 0.6) is 5.75 Å². The van der Waals surface area contributed by atoms with Gasteiger partial charge in [-0.05, 0) is 44.0 Å². The first-order chi connectivity index (χ1) is 12.2. The Balaban J connectivity index is 1.93. The standard InChI is InChI=1S/C21H23N3O2/c1-13-6-5-7-14(10-13)15-8-9-17-16(11-15)21(12-20(2,3)26-17)18(25)24(4)19(22)23-21/h5-11H,12H2,1-4H3,(H2,22,23). The first-order valence-corrected chi connectivity index (χ1v) is 8.76. The van der Waals surface area contributed by atoms with Gasteiger partial charge in [0.15, 0.2) is 11.5 Å². The van der Waals surface area contributed by atoms with Crippen molar-refractivity contribution in [2.45, 2.75) is 38.3 Å². The second-order valence-corrected chi connectivity index (χ2v) is 7.81. The highest BCUT2D eigenvalue weighted by atomic mass is 16.5. The number of benzene rings is 2. The molecule has 2 aliphatic heterocycles. The summed E-state index contributed by atoms with van der Waals surface area (Å²) < 4.78 is 6.16. The first-order valence-electron chi connectivity index (χ1n) is 8.76. The molecule has 2 aromatic rings. The maximum Gasteiger partial charge on any atom is 0.261 e. The largest absolute Gasteiger partial charge is 0.487 e. The van der Waals surface area contributed by atoms with E-state index in [4.69, 9.17) is 10.5 Å². The van der Waals surface area contributed by atoms with E-state index in [0.717, 1.165) is 16.7 Å². The van der Waals surface area contributed by atoms with E-state index in [-0.39, 0.29) is 11.9 Å². The molecule has 2 aliphatic rings. The van der Waals surface area contributed by atoms with Crippen molar-refractivity contribution in [3.8, 4) is 16.9 Å². The van der Waals surface area contributed by atoms with Crippen LogP contribution < -0.4 is 10.5 Å². The lowest BCUT2D eigenvalue weighted by Crippen LogP contribution is -2.49. The molecule has 0 aromatic heterocycles. The molecule has 0 saturated heterocycles. The molecule has 26 heavy (non-hydrogen) atoms. The normalized spacial score (nSPS) is 23.6. The highest BCUT2D eigenvalue weighted by Gasteiger charge is 2.55. The number of carbonyl (C=O) groups excluding carboxylic acids is 1. The molecule has 134 valence electrons. The fourth-order valence-electron chi connectivity index (χ4n) is 3.98. The molecule has 0 saturated carbocycles. The maximum absolute atomic E-state index is 13.1. The number of carbonyl (C=O) groups is 1. The van der Waals surface area contributed by atoms with Gasteiger partial charge >= 0.3 is 0 Å². The van der Waals surface area contributed by atoms with Crippen molar-refractivity contribution < 1.29 is 9.53 Å². The molecule has 1 amide bonds. The SMILES string of the molecule is Cc1cccc(-c2ccc3c(c2)C2(CC(C)(C)O3)N=C(N)N(C)C2=O)c1. The number of amides is 1. The van der Waals surface area contributed by atoms with Crippen molar-refractivity contribution in [3.63, 3.8) is 0 Å². The van der Waals surface area contributed by atoms with Gasteiger partial charge in [-0.25, -0.2) is 4.99 Å². The van der Waals surface area contributed by atoms with E-state index < -0.39 is 11.1 Å². The Hall–Kier alpha value is -2.82. The van der Waals surface area contributed by atoms with E-state index in [9.17, 15) is 4.79 Å². The van der Waals surface area contributed by atoms with Crippen LogP contribution in [-0.4, -0.2) is 29.4 Å². The molecule has 2 N–H and O–H groups in total.